The molecule has 1 aliphatic carbocycles. The van der Waals surface area contributed by atoms with Crippen LogP contribution in [0.3, 0.4) is 0 Å². The number of nitriles is 1. The number of hydrogen-bond acceptors (Lipinski definition) is 11. The molecular formula is C41H48ClN11O4. The molecule has 4 fully saturated rings. The topological polar surface area (TPSA) is 174 Å². The molecule has 6 heterocycles. The Labute approximate surface area is 336 Å². The van der Waals surface area contributed by atoms with Crippen LogP contribution < -0.4 is 25.2 Å². The van der Waals surface area contributed by atoms with Crippen molar-refractivity contribution in [3.63, 3.8) is 0 Å². The number of carbonyl (C=O) groups is 3. The molecule has 4 aromatic rings. The van der Waals surface area contributed by atoms with Crippen molar-refractivity contribution in [1.82, 2.24) is 40.3 Å². The van der Waals surface area contributed by atoms with Crippen LogP contribution in [0.5, 0.6) is 5.75 Å². The summed E-state index contributed by atoms with van der Waals surface area (Å²) in [5, 5.41) is 24.8. The van der Waals surface area contributed by atoms with Crippen LogP contribution in [-0.4, -0.2) is 98.9 Å². The Morgan fingerprint density at radius 1 is 0.982 bits per heavy atom. The van der Waals surface area contributed by atoms with Crippen LogP contribution >= 0.6 is 11.6 Å². The van der Waals surface area contributed by atoms with Crippen molar-refractivity contribution in [2.75, 3.05) is 49.1 Å². The van der Waals surface area contributed by atoms with Gasteiger partial charge in [0.2, 0.25) is 5.91 Å². The Hall–Kier alpha value is -5.33. The third kappa shape index (κ3) is 7.36. The van der Waals surface area contributed by atoms with E-state index in [-0.39, 0.29) is 46.9 Å². The Morgan fingerprint density at radius 3 is 2.40 bits per heavy atom. The number of aromatic nitrogens is 5. The van der Waals surface area contributed by atoms with Gasteiger partial charge in [0.25, 0.3) is 5.91 Å². The lowest BCUT2D eigenvalue weighted by molar-refractivity contribution is -0.164. The molecule has 0 unspecified atom stereocenters. The Balaban J connectivity index is 0.800. The second kappa shape index (κ2) is 15.2. The van der Waals surface area contributed by atoms with E-state index in [9.17, 15) is 19.6 Å². The number of piperidine rings is 2. The number of urea groups is 1. The number of fused-ring (bicyclic) bond motifs is 1. The number of imide groups is 1. The van der Waals surface area contributed by atoms with E-state index in [1.54, 1.807) is 24.3 Å². The number of carbonyl (C=O) groups excluding carboxylic acids is 3. The summed E-state index contributed by atoms with van der Waals surface area (Å²) in [5.74, 6) is 1.96. The van der Waals surface area contributed by atoms with Gasteiger partial charge in [0, 0.05) is 80.9 Å². The zero-order valence-electron chi connectivity index (χ0n) is 32.7. The summed E-state index contributed by atoms with van der Waals surface area (Å²) < 4.78 is 8.58. The predicted molar refractivity (Wildman–Crippen MR) is 214 cm³/mol. The standard InChI is InChI=1S/C41H48ClN11O4/c1-40(2)37(41(3,4)38(40)57-28-6-5-26(22-43)30(42)21-28)47-36(55)31-7-8-32(49-48-31)51-17-9-25(10-18-51)23-50-15-11-27(12-16-50)52-19-13-29-34(52)44-24-45-35(29)53-20-14-33(54)46-39(53)56/h5-8,13,19,21,24-25,27,37-38H,9-12,14-18,20,23H2,1-4H3,(H,47,55)(H,46,54,56). The minimum absolute atomic E-state index is 0.176. The summed E-state index contributed by atoms with van der Waals surface area (Å²) >= 11 is 6.24. The second-order valence-corrected chi connectivity index (χ2v) is 17.4. The summed E-state index contributed by atoms with van der Waals surface area (Å²) in [6.07, 6.45) is 7.73. The maximum absolute atomic E-state index is 13.4. The maximum atomic E-state index is 13.4. The zero-order chi connectivity index (χ0) is 40.1. The van der Waals surface area contributed by atoms with Crippen LogP contribution in [0.2, 0.25) is 5.02 Å². The number of nitrogens with one attached hydrogen (secondary N) is 2. The molecular weight excluding hydrogens is 746 g/mol. The molecule has 15 nitrogen and oxygen atoms in total. The number of ether oxygens (including phenoxy) is 1. The van der Waals surface area contributed by atoms with Gasteiger partial charge >= 0.3 is 6.03 Å². The highest BCUT2D eigenvalue weighted by molar-refractivity contribution is 6.31. The van der Waals surface area contributed by atoms with Crippen molar-refractivity contribution in [1.29, 1.82) is 5.26 Å². The molecule has 1 saturated carbocycles. The number of amides is 4. The van der Waals surface area contributed by atoms with Crippen molar-refractivity contribution in [3.8, 4) is 11.8 Å². The van der Waals surface area contributed by atoms with Crippen molar-refractivity contribution in [2.24, 2.45) is 16.7 Å². The number of likely N-dealkylation sites (tertiary alicyclic amines) is 1. The van der Waals surface area contributed by atoms with Gasteiger partial charge in [-0.15, -0.1) is 10.2 Å². The Kier molecular flexibility index (Phi) is 10.3. The molecule has 8 rings (SSSR count). The molecule has 0 atom stereocenters. The third-order valence-electron chi connectivity index (χ3n) is 12.5. The average Bonchev–Trinajstić information content (AvgIpc) is 3.64. The molecule has 4 amide bonds. The molecule has 16 heteroatoms. The van der Waals surface area contributed by atoms with Gasteiger partial charge in [-0.1, -0.05) is 39.3 Å². The molecule has 3 saturated heterocycles. The molecule has 2 N–H and O–H groups in total. The van der Waals surface area contributed by atoms with Crippen LogP contribution in [0.4, 0.5) is 16.4 Å². The van der Waals surface area contributed by atoms with Crippen LogP contribution in [0.1, 0.15) is 81.9 Å². The summed E-state index contributed by atoms with van der Waals surface area (Å²) in [6.45, 7) is 13.4. The Morgan fingerprint density at radius 2 is 1.74 bits per heavy atom. The van der Waals surface area contributed by atoms with E-state index in [4.69, 9.17) is 16.3 Å². The van der Waals surface area contributed by atoms with E-state index < -0.39 is 6.03 Å². The predicted octanol–water partition coefficient (Wildman–Crippen LogP) is 5.36. The fourth-order valence-corrected chi connectivity index (χ4v) is 9.95. The zero-order valence-corrected chi connectivity index (χ0v) is 33.5. The fraction of sp³-hybridized carbons (Fsp3) is 0.512. The van der Waals surface area contributed by atoms with Gasteiger partial charge in [0.15, 0.2) is 11.5 Å². The lowest BCUT2D eigenvalue weighted by Gasteiger charge is -2.63. The maximum Gasteiger partial charge on any atom is 0.329 e. The van der Waals surface area contributed by atoms with Crippen molar-refractivity contribution >= 4 is 52.1 Å². The molecule has 0 bridgehead atoms. The molecule has 298 valence electrons. The third-order valence-corrected chi connectivity index (χ3v) is 12.8. The van der Waals surface area contributed by atoms with Gasteiger partial charge in [0.1, 0.15) is 35.7 Å². The first-order valence-electron chi connectivity index (χ1n) is 19.7. The summed E-state index contributed by atoms with van der Waals surface area (Å²) in [4.78, 5) is 52.9. The first kappa shape index (κ1) is 38.5. The molecule has 57 heavy (non-hydrogen) atoms. The lowest BCUT2D eigenvalue weighted by Crippen LogP contribution is -2.74. The summed E-state index contributed by atoms with van der Waals surface area (Å²) in [7, 11) is 0. The fourth-order valence-electron chi connectivity index (χ4n) is 9.74. The van der Waals surface area contributed by atoms with E-state index in [1.807, 2.05) is 18.3 Å². The van der Waals surface area contributed by atoms with Crippen molar-refractivity contribution in [2.45, 2.75) is 78.0 Å². The van der Waals surface area contributed by atoms with E-state index in [2.05, 4.69) is 78.9 Å². The first-order valence-corrected chi connectivity index (χ1v) is 20.1. The highest BCUT2D eigenvalue weighted by Gasteiger charge is 2.64. The summed E-state index contributed by atoms with van der Waals surface area (Å²) in [6, 6.07) is 12.4. The molecule has 4 aliphatic rings. The number of nitrogens with zero attached hydrogens (tertiary/aromatic N) is 9. The highest BCUT2D eigenvalue weighted by Crippen LogP contribution is 2.55. The minimum atomic E-state index is -0.447. The highest BCUT2D eigenvalue weighted by atomic mass is 35.5. The number of benzene rings is 1. The average molecular weight is 794 g/mol. The van der Waals surface area contributed by atoms with E-state index >= 15 is 0 Å². The van der Waals surface area contributed by atoms with Gasteiger partial charge in [-0.3, -0.25) is 19.8 Å². The second-order valence-electron chi connectivity index (χ2n) is 17.0. The van der Waals surface area contributed by atoms with E-state index in [0.29, 0.717) is 40.7 Å². The van der Waals surface area contributed by atoms with Crippen LogP contribution in [0, 0.1) is 28.1 Å². The van der Waals surface area contributed by atoms with Crippen LogP contribution in [-0.2, 0) is 4.79 Å². The molecule has 3 aromatic heterocycles. The van der Waals surface area contributed by atoms with Crippen molar-refractivity contribution in [3.05, 3.63) is 65.2 Å². The molecule has 0 radical (unpaired) electrons. The van der Waals surface area contributed by atoms with Crippen LogP contribution in [0.15, 0.2) is 48.9 Å². The quantitative estimate of drug-likeness (QED) is 0.223. The van der Waals surface area contributed by atoms with E-state index in [0.717, 1.165) is 75.3 Å². The van der Waals surface area contributed by atoms with Crippen LogP contribution in [0.25, 0.3) is 11.0 Å². The van der Waals surface area contributed by atoms with Gasteiger partial charge in [0.05, 0.1) is 16.0 Å². The van der Waals surface area contributed by atoms with Gasteiger partial charge < -0.3 is 24.4 Å². The van der Waals surface area contributed by atoms with Gasteiger partial charge in [-0.05, 0) is 61.9 Å². The van der Waals surface area contributed by atoms with Gasteiger partial charge in [-0.25, -0.2) is 14.8 Å². The van der Waals surface area contributed by atoms with Crippen molar-refractivity contribution < 1.29 is 19.1 Å². The number of halogens is 1. The molecule has 3 aliphatic heterocycles. The van der Waals surface area contributed by atoms with E-state index in [1.165, 1.54) is 11.2 Å². The Bertz CT molecular complexity index is 2200. The smallest absolute Gasteiger partial charge is 0.329 e. The number of rotatable bonds is 9. The minimum Gasteiger partial charge on any atom is -0.489 e. The molecule has 1 aromatic carbocycles. The molecule has 0 spiro atoms. The summed E-state index contributed by atoms with van der Waals surface area (Å²) in [5.41, 5.74) is 0.714. The number of anilines is 2. The monoisotopic (exact) mass is 793 g/mol. The SMILES string of the molecule is CC1(C)C(NC(=O)c2ccc(N3CCC(CN4CCC(n5ccc6c(N7CCC(=O)NC7=O)ncnc65)CC4)CC3)nn2)C(C)(C)C1Oc1ccc(C#N)c(Cl)c1. The first-order chi connectivity index (χ1) is 27.3. The lowest BCUT2D eigenvalue weighted by atomic mass is 9.49. The van der Waals surface area contributed by atoms with Gasteiger partial charge in [-0.2, -0.15) is 5.26 Å². The normalized spacial score (nSPS) is 22.8. The largest absolute Gasteiger partial charge is 0.489 e. The number of hydrogen-bond donors (Lipinski definition) is 2.